The van der Waals surface area contributed by atoms with E-state index in [4.69, 9.17) is 0 Å². The van der Waals surface area contributed by atoms with Gasteiger partial charge >= 0.3 is 0 Å². The summed E-state index contributed by atoms with van der Waals surface area (Å²) in [4.78, 5) is 19.9. The van der Waals surface area contributed by atoms with Crippen molar-refractivity contribution in [2.75, 3.05) is 20.1 Å². The van der Waals surface area contributed by atoms with E-state index in [0.717, 1.165) is 19.4 Å². The second-order valence-electron chi connectivity index (χ2n) is 6.17. The van der Waals surface area contributed by atoms with E-state index in [-0.39, 0.29) is 18.0 Å². The monoisotopic (exact) mass is 348 g/mol. The molecule has 0 fully saturated rings. The molecule has 0 saturated carbocycles. The Kier molecular flexibility index (Phi) is 5.19. The minimum absolute atomic E-state index is 0.250. The highest BCUT2D eigenvalue weighted by Crippen LogP contribution is 2.35. The molecule has 0 bridgehead atoms. The van der Waals surface area contributed by atoms with Crippen molar-refractivity contribution in [1.82, 2.24) is 9.80 Å². The average molecular weight is 349 g/mol. The van der Waals surface area contributed by atoms with Gasteiger partial charge in [-0.3, -0.25) is 9.69 Å². The van der Waals surface area contributed by atoms with Crippen LogP contribution in [0.4, 0.5) is 0 Å². The molecule has 0 spiro atoms. The number of carbonyl (C=O) groups is 1. The van der Waals surface area contributed by atoms with Gasteiger partial charge in [0.2, 0.25) is 5.91 Å². The van der Waals surface area contributed by atoms with Gasteiger partial charge in [-0.25, -0.2) is 0 Å². The summed E-state index contributed by atoms with van der Waals surface area (Å²) in [5.41, 5.74) is 1.37. The lowest BCUT2D eigenvalue weighted by Gasteiger charge is -2.37. The van der Waals surface area contributed by atoms with Gasteiger partial charge in [0.25, 0.3) is 0 Å². The zero-order valence-electron chi connectivity index (χ0n) is 14.0. The van der Waals surface area contributed by atoms with Crippen LogP contribution in [0.3, 0.4) is 0 Å². The zero-order valence-corrected chi connectivity index (χ0v) is 15.6. The van der Waals surface area contributed by atoms with Crippen molar-refractivity contribution >= 4 is 28.6 Å². The maximum absolute atomic E-state index is 12.9. The van der Waals surface area contributed by atoms with Crippen LogP contribution in [0.2, 0.25) is 0 Å². The molecule has 2 aromatic rings. The zero-order chi connectivity index (χ0) is 16.4. The Bertz CT molecular complexity index is 650. The molecule has 0 radical (unpaired) electrons. The van der Waals surface area contributed by atoms with Gasteiger partial charge in [0.15, 0.2) is 0 Å². The van der Waals surface area contributed by atoms with Crippen molar-refractivity contribution in [2.24, 2.45) is 0 Å². The van der Waals surface area contributed by atoms with Crippen LogP contribution in [-0.2, 0) is 11.2 Å². The van der Waals surface area contributed by atoms with Crippen LogP contribution in [-0.4, -0.2) is 35.8 Å². The van der Waals surface area contributed by atoms with E-state index in [2.05, 4.69) is 52.6 Å². The summed E-state index contributed by atoms with van der Waals surface area (Å²) in [5.74, 6) is 0.250. The van der Waals surface area contributed by atoms with Crippen LogP contribution in [0, 0.1) is 0 Å². The van der Waals surface area contributed by atoms with Gasteiger partial charge in [-0.1, -0.05) is 13.0 Å². The molecular formula is C18H24N2OS2. The lowest BCUT2D eigenvalue weighted by Crippen LogP contribution is -2.44. The van der Waals surface area contributed by atoms with E-state index in [1.807, 2.05) is 18.4 Å². The SMILES string of the molecule is CCC1c2ccsc2CCN1C(=O)CN(C)C(C)c1cccs1. The summed E-state index contributed by atoms with van der Waals surface area (Å²) in [6, 6.07) is 6.94. The van der Waals surface area contributed by atoms with Gasteiger partial charge in [-0.15, -0.1) is 22.7 Å². The van der Waals surface area contributed by atoms with Gasteiger partial charge in [0.1, 0.15) is 0 Å². The molecule has 3 rings (SSSR count). The van der Waals surface area contributed by atoms with E-state index in [1.54, 1.807) is 11.3 Å². The molecule has 0 aliphatic carbocycles. The molecule has 5 heteroatoms. The molecule has 2 atom stereocenters. The predicted octanol–water partition coefficient (Wildman–Crippen LogP) is 4.34. The molecule has 1 amide bonds. The summed E-state index contributed by atoms with van der Waals surface area (Å²) in [7, 11) is 2.04. The van der Waals surface area contributed by atoms with E-state index in [1.165, 1.54) is 15.3 Å². The summed E-state index contributed by atoms with van der Waals surface area (Å²) < 4.78 is 0. The fourth-order valence-electron chi connectivity index (χ4n) is 3.32. The molecule has 0 N–H and O–H groups in total. The third kappa shape index (κ3) is 3.37. The number of likely N-dealkylation sites (N-methyl/N-ethyl adjacent to an activating group) is 1. The number of hydrogen-bond acceptors (Lipinski definition) is 4. The molecule has 2 aromatic heterocycles. The summed E-state index contributed by atoms with van der Waals surface area (Å²) in [6.45, 7) is 5.68. The number of carbonyl (C=O) groups excluding carboxylic acids is 1. The lowest BCUT2D eigenvalue weighted by atomic mass is 9.97. The first-order chi connectivity index (χ1) is 11.1. The number of thiophene rings is 2. The van der Waals surface area contributed by atoms with Gasteiger partial charge in [0.05, 0.1) is 12.6 Å². The van der Waals surface area contributed by atoms with Crippen molar-refractivity contribution in [2.45, 2.75) is 38.8 Å². The molecule has 1 aliphatic rings. The lowest BCUT2D eigenvalue weighted by molar-refractivity contribution is -0.135. The van der Waals surface area contributed by atoms with E-state index in [9.17, 15) is 4.79 Å². The highest BCUT2D eigenvalue weighted by Gasteiger charge is 2.31. The van der Waals surface area contributed by atoms with Crippen molar-refractivity contribution < 1.29 is 4.79 Å². The van der Waals surface area contributed by atoms with Crippen LogP contribution < -0.4 is 0 Å². The van der Waals surface area contributed by atoms with Gasteiger partial charge in [-0.05, 0) is 55.3 Å². The van der Waals surface area contributed by atoms with Crippen molar-refractivity contribution in [3.8, 4) is 0 Å². The maximum Gasteiger partial charge on any atom is 0.237 e. The largest absolute Gasteiger partial charge is 0.334 e. The fraction of sp³-hybridized carbons (Fsp3) is 0.500. The topological polar surface area (TPSA) is 23.6 Å². The molecule has 0 saturated heterocycles. The normalized spacial score (nSPS) is 19.0. The first kappa shape index (κ1) is 16.7. The Labute approximate surface area is 146 Å². The van der Waals surface area contributed by atoms with E-state index >= 15 is 0 Å². The van der Waals surface area contributed by atoms with Crippen LogP contribution >= 0.6 is 22.7 Å². The van der Waals surface area contributed by atoms with Gasteiger partial charge in [0, 0.05) is 22.3 Å². The fourth-order valence-corrected chi connectivity index (χ4v) is 5.10. The van der Waals surface area contributed by atoms with Crippen molar-refractivity contribution in [3.63, 3.8) is 0 Å². The molecule has 124 valence electrons. The Morgan fingerprint density at radius 1 is 1.39 bits per heavy atom. The number of nitrogens with zero attached hydrogens (tertiary/aromatic N) is 2. The number of fused-ring (bicyclic) bond motifs is 1. The van der Waals surface area contributed by atoms with Crippen molar-refractivity contribution in [1.29, 1.82) is 0 Å². The Morgan fingerprint density at radius 3 is 2.91 bits per heavy atom. The van der Waals surface area contributed by atoms with Gasteiger partial charge in [-0.2, -0.15) is 0 Å². The molecule has 3 heterocycles. The maximum atomic E-state index is 12.9. The second-order valence-corrected chi connectivity index (χ2v) is 8.15. The first-order valence-electron chi connectivity index (χ1n) is 8.21. The Morgan fingerprint density at radius 2 is 2.22 bits per heavy atom. The van der Waals surface area contributed by atoms with Crippen molar-refractivity contribution in [3.05, 3.63) is 44.3 Å². The Balaban J connectivity index is 1.68. The quantitative estimate of drug-likeness (QED) is 0.802. The second kappa shape index (κ2) is 7.16. The average Bonchev–Trinajstić information content (AvgIpc) is 3.23. The van der Waals surface area contributed by atoms with Crippen LogP contribution in [0.15, 0.2) is 29.0 Å². The molecular weight excluding hydrogens is 324 g/mol. The standard InChI is InChI=1S/C18H24N2OS2/c1-4-15-14-8-11-23-17(14)7-9-20(15)18(21)12-19(3)13(2)16-6-5-10-22-16/h5-6,8,10-11,13,15H,4,7,9,12H2,1-3H3. The molecule has 1 aliphatic heterocycles. The predicted molar refractivity (Wildman–Crippen MR) is 98.1 cm³/mol. The minimum atomic E-state index is 0.250. The highest BCUT2D eigenvalue weighted by molar-refractivity contribution is 7.10. The van der Waals surface area contributed by atoms with Gasteiger partial charge < -0.3 is 4.90 Å². The molecule has 0 aromatic carbocycles. The van der Waals surface area contributed by atoms with Crippen LogP contribution in [0.25, 0.3) is 0 Å². The van der Waals surface area contributed by atoms with Crippen LogP contribution in [0.5, 0.6) is 0 Å². The van der Waals surface area contributed by atoms with E-state index in [0.29, 0.717) is 6.54 Å². The number of hydrogen-bond donors (Lipinski definition) is 0. The van der Waals surface area contributed by atoms with Crippen LogP contribution in [0.1, 0.15) is 47.7 Å². The van der Waals surface area contributed by atoms with E-state index < -0.39 is 0 Å². The summed E-state index contributed by atoms with van der Waals surface area (Å²) >= 11 is 3.58. The first-order valence-corrected chi connectivity index (χ1v) is 9.97. The summed E-state index contributed by atoms with van der Waals surface area (Å²) in [6.07, 6.45) is 1.99. The number of rotatable bonds is 5. The number of amides is 1. The smallest absolute Gasteiger partial charge is 0.237 e. The summed E-state index contributed by atoms with van der Waals surface area (Å²) in [5, 5.41) is 4.25. The third-order valence-electron chi connectivity index (χ3n) is 4.80. The minimum Gasteiger partial charge on any atom is -0.334 e. The Hall–Kier alpha value is -1.17. The molecule has 3 nitrogen and oxygen atoms in total. The highest BCUT2D eigenvalue weighted by atomic mass is 32.1. The molecule has 23 heavy (non-hydrogen) atoms. The third-order valence-corrected chi connectivity index (χ3v) is 6.84. The molecule has 2 unspecified atom stereocenters.